The van der Waals surface area contributed by atoms with Gasteiger partial charge in [0.05, 0.1) is 38.6 Å². The smallest absolute Gasteiger partial charge is 0.0628 e. The molecule has 11 aromatic carbocycles. The molecule has 4 aromatic heterocycles. The zero-order chi connectivity index (χ0) is 48.8. The van der Waals surface area contributed by atoms with Crippen molar-refractivity contribution in [1.29, 1.82) is 0 Å². The highest BCUT2D eigenvalue weighted by Gasteiger charge is 2.25. The average molecular weight is 942 g/mol. The number of hydrogen-bond acceptors (Lipinski definition) is 0. The monoisotopic (exact) mass is 941 g/mol. The Kier molecular flexibility index (Phi) is 8.65. The predicted molar refractivity (Wildman–Crippen MR) is 316 cm³/mol. The lowest BCUT2D eigenvalue weighted by Crippen LogP contribution is -1.92. The Labute approximate surface area is 427 Å². The number of hydrogen-bond donors (Lipinski definition) is 0. The molecule has 0 fully saturated rings. The Hall–Kier alpha value is -9.44. The molecule has 346 valence electrons. The van der Waals surface area contributed by atoms with E-state index in [1.807, 2.05) is 0 Å². The molecule has 3 nitrogen and oxygen atoms in total. The van der Waals surface area contributed by atoms with Gasteiger partial charge in [0.25, 0.3) is 0 Å². The van der Waals surface area contributed by atoms with E-state index >= 15 is 0 Å². The molecule has 0 aliphatic heterocycles. The van der Waals surface area contributed by atoms with Gasteiger partial charge in [-0.05, 0) is 183 Å². The minimum absolute atomic E-state index is 0.959. The second kappa shape index (κ2) is 15.5. The highest BCUT2D eigenvalue weighted by atomic mass is 15.0. The van der Waals surface area contributed by atoms with Crippen molar-refractivity contribution in [3.8, 4) is 33.6 Å². The van der Waals surface area contributed by atoms with Gasteiger partial charge < -0.3 is 13.5 Å². The molecule has 0 unspecified atom stereocenters. The maximum atomic E-state index is 2.58. The topological polar surface area (TPSA) is 14.3 Å². The van der Waals surface area contributed by atoms with Gasteiger partial charge in [-0.1, -0.05) is 140 Å². The summed E-state index contributed by atoms with van der Waals surface area (Å²) in [4.78, 5) is 0. The van der Waals surface area contributed by atoms with E-state index in [4.69, 9.17) is 0 Å². The standard InChI is InChI=1S/C71H47N3/c1-43-16-6-3-11-21-55(43)58-36-47(27-26-44(58)2)45-28-31-50-41-67-62(39-52(50)35-45)70-69-57-23-13-15-25-64(57)73(54-19-9-5-10-20-54)68(69)42-61-60-38-51-34-46(29-30-49(51)40-66(60)74(67)71(61)70)48-32-33-65-59(37-48)56-22-12-14-24-63(56)72(65)53-17-7-4-8-18-53/h4-42H,3H2,1-2H3. The summed E-state index contributed by atoms with van der Waals surface area (Å²) in [5, 5.41) is 15.1. The lowest BCUT2D eigenvalue weighted by atomic mass is 9.92. The number of allylic oxidation sites excluding steroid dienone is 6. The Morgan fingerprint density at radius 1 is 0.338 bits per heavy atom. The quantitative estimate of drug-likeness (QED) is 0.163. The fourth-order valence-electron chi connectivity index (χ4n) is 12.9. The summed E-state index contributed by atoms with van der Waals surface area (Å²) in [5.74, 6) is 0. The van der Waals surface area contributed by atoms with Crippen LogP contribution in [-0.2, 0) is 0 Å². The van der Waals surface area contributed by atoms with Crippen molar-refractivity contribution in [2.24, 2.45) is 0 Å². The normalized spacial score (nSPS) is 13.3. The number of aromatic nitrogens is 3. The first kappa shape index (κ1) is 41.2. The van der Waals surface area contributed by atoms with Crippen molar-refractivity contribution in [3.05, 3.63) is 253 Å². The third-order valence-corrected chi connectivity index (χ3v) is 16.4. The third-order valence-electron chi connectivity index (χ3n) is 16.4. The van der Waals surface area contributed by atoms with Crippen LogP contribution in [0, 0.1) is 6.92 Å². The van der Waals surface area contributed by atoms with Crippen LogP contribution in [0.15, 0.2) is 242 Å². The van der Waals surface area contributed by atoms with E-state index in [0.29, 0.717) is 0 Å². The first-order valence-corrected chi connectivity index (χ1v) is 25.9. The van der Waals surface area contributed by atoms with Crippen LogP contribution in [0.1, 0.15) is 24.5 Å². The van der Waals surface area contributed by atoms with E-state index < -0.39 is 0 Å². The Morgan fingerprint density at radius 3 is 1.61 bits per heavy atom. The maximum absolute atomic E-state index is 2.58. The van der Waals surface area contributed by atoms with Crippen LogP contribution in [0.3, 0.4) is 0 Å². The average Bonchev–Trinajstić information content (AvgIpc) is 4.20. The number of benzene rings is 11. The van der Waals surface area contributed by atoms with Gasteiger partial charge >= 0.3 is 0 Å². The maximum Gasteiger partial charge on any atom is 0.0628 e. The molecule has 74 heavy (non-hydrogen) atoms. The minimum atomic E-state index is 0.959. The molecule has 0 radical (unpaired) electrons. The van der Waals surface area contributed by atoms with Crippen LogP contribution < -0.4 is 0 Å². The van der Waals surface area contributed by atoms with E-state index in [0.717, 1.165) is 12.1 Å². The summed E-state index contributed by atoms with van der Waals surface area (Å²) >= 11 is 0. The zero-order valence-electron chi connectivity index (χ0n) is 41.1. The number of para-hydroxylation sites is 4. The molecule has 0 N–H and O–H groups in total. The molecular weight excluding hydrogens is 895 g/mol. The van der Waals surface area contributed by atoms with E-state index in [1.54, 1.807) is 0 Å². The van der Waals surface area contributed by atoms with Gasteiger partial charge in [0.15, 0.2) is 0 Å². The van der Waals surface area contributed by atoms with Crippen molar-refractivity contribution in [3.63, 3.8) is 0 Å². The second-order valence-electron chi connectivity index (χ2n) is 20.5. The molecule has 0 saturated carbocycles. The van der Waals surface area contributed by atoms with Gasteiger partial charge in [0, 0.05) is 54.5 Å². The van der Waals surface area contributed by atoms with E-state index in [1.165, 1.54) is 153 Å². The molecule has 0 bridgehead atoms. The van der Waals surface area contributed by atoms with Gasteiger partial charge in [-0.3, -0.25) is 0 Å². The van der Waals surface area contributed by atoms with E-state index in [9.17, 15) is 0 Å². The van der Waals surface area contributed by atoms with Gasteiger partial charge in [0.1, 0.15) is 0 Å². The van der Waals surface area contributed by atoms with Crippen LogP contribution in [-0.4, -0.2) is 13.5 Å². The van der Waals surface area contributed by atoms with Gasteiger partial charge in [-0.15, -0.1) is 0 Å². The fourth-order valence-corrected chi connectivity index (χ4v) is 12.9. The lowest BCUT2D eigenvalue weighted by Gasteiger charge is -2.13. The molecular formula is C71H47N3. The summed E-state index contributed by atoms with van der Waals surface area (Å²) in [6.45, 7) is 4.46. The first-order chi connectivity index (χ1) is 36.5. The lowest BCUT2D eigenvalue weighted by molar-refractivity contribution is 1.18. The number of rotatable bonds is 5. The van der Waals surface area contributed by atoms with E-state index in [-0.39, 0.29) is 0 Å². The molecule has 1 aliphatic rings. The summed E-state index contributed by atoms with van der Waals surface area (Å²) in [6.07, 6.45) is 10.0. The van der Waals surface area contributed by atoms with Gasteiger partial charge in [-0.2, -0.15) is 0 Å². The van der Waals surface area contributed by atoms with Crippen molar-refractivity contribution >= 4 is 109 Å². The van der Waals surface area contributed by atoms with Gasteiger partial charge in [-0.25, -0.2) is 0 Å². The number of nitrogens with zero attached hydrogens (tertiary/aromatic N) is 3. The summed E-state index contributed by atoms with van der Waals surface area (Å²) in [5.41, 5.74) is 21.0. The fraction of sp³-hybridized carbons (Fsp3) is 0.0423. The number of aryl methyl sites for hydroxylation is 1. The molecule has 1 aliphatic carbocycles. The van der Waals surface area contributed by atoms with Crippen LogP contribution in [0.5, 0.6) is 0 Å². The highest BCUT2D eigenvalue weighted by Crippen LogP contribution is 2.49. The summed E-state index contributed by atoms with van der Waals surface area (Å²) in [6, 6.07) is 79.8. The molecule has 4 heterocycles. The Morgan fingerprint density at radius 2 is 0.878 bits per heavy atom. The molecule has 16 rings (SSSR count). The van der Waals surface area contributed by atoms with E-state index in [2.05, 4.69) is 264 Å². The summed E-state index contributed by atoms with van der Waals surface area (Å²) in [7, 11) is 0. The van der Waals surface area contributed by atoms with Crippen molar-refractivity contribution < 1.29 is 0 Å². The Bertz CT molecular complexity index is 4970. The van der Waals surface area contributed by atoms with Gasteiger partial charge in [0.2, 0.25) is 0 Å². The zero-order valence-corrected chi connectivity index (χ0v) is 41.1. The predicted octanol–water partition coefficient (Wildman–Crippen LogP) is 19.3. The number of fused-ring (bicyclic) bond motifs is 15. The van der Waals surface area contributed by atoms with Crippen molar-refractivity contribution in [2.75, 3.05) is 0 Å². The first-order valence-electron chi connectivity index (χ1n) is 25.9. The van der Waals surface area contributed by atoms with Crippen molar-refractivity contribution in [1.82, 2.24) is 13.5 Å². The molecule has 3 heteroatoms. The third kappa shape index (κ3) is 5.89. The Balaban J connectivity index is 0.937. The van der Waals surface area contributed by atoms with Crippen LogP contribution in [0.4, 0.5) is 0 Å². The summed E-state index contributed by atoms with van der Waals surface area (Å²) < 4.78 is 7.45. The van der Waals surface area contributed by atoms with Crippen LogP contribution in [0.2, 0.25) is 0 Å². The van der Waals surface area contributed by atoms with Crippen LogP contribution in [0.25, 0.3) is 142 Å². The SMILES string of the molecule is CC1=C(c2cc(-c3ccc4cc5c(cc4c3)c3c4c6ccccc6n(-c6ccccc6)c4cc4c6cc7cc(-c8ccc9c(c8)c8ccccc8n9-c8ccccc8)ccc7cc6n5c43)ccc2C)C=CCC=C1. The molecule has 15 aromatic rings. The largest absolute Gasteiger partial charge is 0.309 e. The van der Waals surface area contributed by atoms with Crippen LogP contribution >= 0.6 is 0 Å². The second-order valence-corrected chi connectivity index (χ2v) is 20.5. The molecule has 0 spiro atoms. The molecule has 0 atom stereocenters. The molecule has 0 amide bonds. The minimum Gasteiger partial charge on any atom is -0.309 e. The highest BCUT2D eigenvalue weighted by molar-refractivity contribution is 6.37. The molecule has 0 saturated heterocycles. The van der Waals surface area contributed by atoms with Crippen molar-refractivity contribution in [2.45, 2.75) is 20.3 Å².